The lowest BCUT2D eigenvalue weighted by Crippen LogP contribution is -2.31. The van der Waals surface area contributed by atoms with Gasteiger partial charge in [-0.05, 0) is 50.9 Å². The molecule has 1 unspecified atom stereocenters. The number of H-pyrrole nitrogens is 1. The number of benzene rings is 1. The lowest BCUT2D eigenvalue weighted by atomic mass is 10.1. The van der Waals surface area contributed by atoms with E-state index in [1.165, 1.54) is 18.2 Å². The van der Waals surface area contributed by atoms with Crippen molar-refractivity contribution in [1.29, 1.82) is 0 Å². The molecule has 2 aromatic rings. The van der Waals surface area contributed by atoms with Gasteiger partial charge in [-0.15, -0.1) is 0 Å². The smallest absolute Gasteiger partial charge is 0.258 e. The summed E-state index contributed by atoms with van der Waals surface area (Å²) in [6.07, 6.45) is 2.29. The fraction of sp³-hybridized carbons (Fsp3) is 0.471. The summed E-state index contributed by atoms with van der Waals surface area (Å²) < 4.78 is 19.4. The minimum absolute atomic E-state index is 0.211. The van der Waals surface area contributed by atoms with Crippen LogP contribution in [0.25, 0.3) is 0 Å². The van der Waals surface area contributed by atoms with Gasteiger partial charge in [0.2, 0.25) is 0 Å². The number of likely N-dealkylation sites (tertiary alicyclic amines) is 1. The molecule has 1 aromatic carbocycles. The predicted octanol–water partition coefficient (Wildman–Crippen LogP) is 1.96. The van der Waals surface area contributed by atoms with E-state index in [2.05, 4.69) is 15.2 Å². The predicted molar refractivity (Wildman–Crippen MR) is 89.7 cm³/mol. The van der Waals surface area contributed by atoms with E-state index in [1.54, 1.807) is 4.90 Å². The molecule has 1 aliphatic rings. The van der Waals surface area contributed by atoms with Crippen molar-refractivity contribution in [2.75, 3.05) is 19.7 Å². The first-order chi connectivity index (χ1) is 12.1. The minimum Gasteiger partial charge on any atom is -0.493 e. The average Bonchev–Trinajstić information content (AvgIpc) is 3.24. The number of halogens is 1. The van der Waals surface area contributed by atoms with Crippen molar-refractivity contribution in [3.05, 3.63) is 41.2 Å². The van der Waals surface area contributed by atoms with Crippen LogP contribution in [0.4, 0.5) is 4.39 Å². The number of hydrogen-bond acceptors (Lipinski definition) is 5. The number of carbonyl (C=O) groups is 1. The molecule has 0 radical (unpaired) electrons. The Bertz CT molecular complexity index is 748. The Balaban J connectivity index is 1.85. The van der Waals surface area contributed by atoms with Crippen molar-refractivity contribution in [1.82, 2.24) is 20.1 Å². The topological polar surface area (TPSA) is 97.1 Å². The molecule has 1 amide bonds. The van der Waals surface area contributed by atoms with Gasteiger partial charge in [-0.2, -0.15) is 5.10 Å². The van der Waals surface area contributed by atoms with Gasteiger partial charge in [0, 0.05) is 6.54 Å². The lowest BCUT2D eigenvalue weighted by Gasteiger charge is -2.23. The Morgan fingerprint density at radius 2 is 2.36 bits per heavy atom. The van der Waals surface area contributed by atoms with Crippen LogP contribution in [0.15, 0.2) is 18.2 Å². The van der Waals surface area contributed by atoms with E-state index in [9.17, 15) is 9.18 Å². The van der Waals surface area contributed by atoms with Gasteiger partial charge in [-0.1, -0.05) is 0 Å². The van der Waals surface area contributed by atoms with Crippen LogP contribution in [0.1, 0.15) is 47.3 Å². The van der Waals surface area contributed by atoms with Crippen LogP contribution in [0.5, 0.6) is 5.75 Å². The third-order valence-corrected chi connectivity index (χ3v) is 4.20. The lowest BCUT2D eigenvalue weighted by molar-refractivity contribution is 0.0725. The molecule has 7 nitrogen and oxygen atoms in total. The van der Waals surface area contributed by atoms with Gasteiger partial charge in [0.1, 0.15) is 17.4 Å². The molecule has 3 rings (SSSR count). The summed E-state index contributed by atoms with van der Waals surface area (Å²) in [6.45, 7) is 3.26. The fourth-order valence-electron chi connectivity index (χ4n) is 3.00. The molecular weight excluding hydrogens is 325 g/mol. The molecule has 0 spiro atoms. The van der Waals surface area contributed by atoms with Gasteiger partial charge in [0.25, 0.3) is 5.91 Å². The number of aryl methyl sites for hydroxylation is 1. The van der Waals surface area contributed by atoms with Gasteiger partial charge in [0.05, 0.1) is 18.2 Å². The molecule has 8 heteroatoms. The molecule has 25 heavy (non-hydrogen) atoms. The molecule has 1 fully saturated rings. The number of carbonyl (C=O) groups excluding carboxylic acids is 1. The zero-order valence-corrected chi connectivity index (χ0v) is 14.2. The molecule has 134 valence electrons. The summed E-state index contributed by atoms with van der Waals surface area (Å²) in [6, 6.07) is 3.78. The molecular formula is C17H22FN5O2. The van der Waals surface area contributed by atoms with E-state index in [1.807, 2.05) is 6.92 Å². The van der Waals surface area contributed by atoms with Gasteiger partial charge in [0.15, 0.2) is 5.82 Å². The molecule has 0 saturated carbocycles. The van der Waals surface area contributed by atoms with Crippen LogP contribution in [0, 0.1) is 12.7 Å². The zero-order valence-electron chi connectivity index (χ0n) is 14.2. The number of hydrogen-bond donors (Lipinski definition) is 2. The largest absolute Gasteiger partial charge is 0.493 e. The highest BCUT2D eigenvalue weighted by atomic mass is 19.1. The monoisotopic (exact) mass is 347 g/mol. The summed E-state index contributed by atoms with van der Waals surface area (Å²) in [5.41, 5.74) is 5.69. The maximum absolute atomic E-state index is 13.7. The van der Waals surface area contributed by atoms with Crippen molar-refractivity contribution < 1.29 is 13.9 Å². The SMILES string of the molecule is Cc1nc(C2CCCN2C(=O)c2cc(F)ccc2OCCCN)n[nH]1. The number of rotatable bonds is 6. The molecule has 0 aliphatic carbocycles. The van der Waals surface area contributed by atoms with E-state index < -0.39 is 5.82 Å². The van der Waals surface area contributed by atoms with Crippen LogP contribution in [-0.4, -0.2) is 45.7 Å². The summed E-state index contributed by atoms with van der Waals surface area (Å²) in [5.74, 6) is 0.916. The summed E-state index contributed by atoms with van der Waals surface area (Å²) >= 11 is 0. The Hall–Kier alpha value is -2.48. The van der Waals surface area contributed by atoms with Crippen LogP contribution in [-0.2, 0) is 0 Å². The Morgan fingerprint density at radius 3 is 3.08 bits per heavy atom. The number of nitrogens with two attached hydrogens (primary N) is 1. The maximum Gasteiger partial charge on any atom is 0.258 e. The molecule has 3 N–H and O–H groups in total. The fourth-order valence-corrected chi connectivity index (χ4v) is 3.00. The Labute approximate surface area is 145 Å². The first-order valence-electron chi connectivity index (χ1n) is 8.42. The number of ether oxygens (including phenoxy) is 1. The molecule has 1 atom stereocenters. The number of amides is 1. The first kappa shape index (κ1) is 17.3. The van der Waals surface area contributed by atoms with Crippen LogP contribution < -0.4 is 10.5 Å². The van der Waals surface area contributed by atoms with Crippen LogP contribution >= 0.6 is 0 Å². The second-order valence-corrected chi connectivity index (χ2v) is 6.07. The quantitative estimate of drug-likeness (QED) is 0.779. The van der Waals surface area contributed by atoms with E-state index in [0.717, 1.165) is 12.8 Å². The van der Waals surface area contributed by atoms with Crippen LogP contribution in [0.3, 0.4) is 0 Å². The average molecular weight is 347 g/mol. The zero-order chi connectivity index (χ0) is 17.8. The van der Waals surface area contributed by atoms with Crippen molar-refractivity contribution in [2.24, 2.45) is 5.73 Å². The van der Waals surface area contributed by atoms with E-state index in [-0.39, 0.29) is 17.5 Å². The molecule has 1 aromatic heterocycles. The number of aromatic amines is 1. The summed E-state index contributed by atoms with van der Waals surface area (Å²) in [5, 5.41) is 6.98. The van der Waals surface area contributed by atoms with Gasteiger partial charge < -0.3 is 15.4 Å². The Kier molecular flexibility index (Phi) is 5.28. The maximum atomic E-state index is 13.7. The minimum atomic E-state index is -0.473. The molecule has 1 saturated heterocycles. The third kappa shape index (κ3) is 3.79. The second kappa shape index (κ2) is 7.60. The molecule has 0 bridgehead atoms. The van der Waals surface area contributed by atoms with E-state index in [4.69, 9.17) is 10.5 Å². The van der Waals surface area contributed by atoms with Crippen molar-refractivity contribution >= 4 is 5.91 Å². The van der Waals surface area contributed by atoms with Crippen molar-refractivity contribution in [3.63, 3.8) is 0 Å². The number of nitrogens with zero attached hydrogens (tertiary/aromatic N) is 3. The highest BCUT2D eigenvalue weighted by Gasteiger charge is 2.34. The van der Waals surface area contributed by atoms with Crippen molar-refractivity contribution in [2.45, 2.75) is 32.2 Å². The van der Waals surface area contributed by atoms with Crippen molar-refractivity contribution in [3.8, 4) is 5.75 Å². The number of nitrogens with one attached hydrogen (secondary N) is 1. The number of aromatic nitrogens is 3. The van der Waals surface area contributed by atoms with Gasteiger partial charge in [-0.25, -0.2) is 9.37 Å². The van der Waals surface area contributed by atoms with Gasteiger partial charge in [-0.3, -0.25) is 9.89 Å². The highest BCUT2D eigenvalue weighted by molar-refractivity contribution is 5.97. The standard InChI is InChI=1S/C17H22FN5O2/c1-11-20-16(22-21-11)14-4-2-8-23(14)17(24)13-10-12(18)5-6-15(13)25-9-3-7-19/h5-6,10,14H,2-4,7-9,19H2,1H3,(H,20,21,22). The van der Waals surface area contributed by atoms with E-state index in [0.29, 0.717) is 43.5 Å². The van der Waals surface area contributed by atoms with Crippen LogP contribution in [0.2, 0.25) is 0 Å². The third-order valence-electron chi connectivity index (χ3n) is 4.20. The molecule has 2 heterocycles. The summed E-state index contributed by atoms with van der Waals surface area (Å²) in [7, 11) is 0. The Morgan fingerprint density at radius 1 is 1.52 bits per heavy atom. The first-order valence-corrected chi connectivity index (χ1v) is 8.42. The second-order valence-electron chi connectivity index (χ2n) is 6.07. The summed E-state index contributed by atoms with van der Waals surface area (Å²) in [4.78, 5) is 19.1. The normalized spacial score (nSPS) is 17.1. The van der Waals surface area contributed by atoms with E-state index >= 15 is 0 Å². The van der Waals surface area contributed by atoms with Gasteiger partial charge >= 0.3 is 0 Å². The molecule has 1 aliphatic heterocycles. The highest BCUT2D eigenvalue weighted by Crippen LogP contribution is 2.33.